The van der Waals surface area contributed by atoms with E-state index in [2.05, 4.69) is 25.5 Å². The first-order valence-corrected chi connectivity index (χ1v) is 9.50. The summed E-state index contributed by atoms with van der Waals surface area (Å²) in [5, 5.41) is 5.05. The number of anilines is 1. The van der Waals surface area contributed by atoms with E-state index in [0.717, 1.165) is 27.2 Å². The van der Waals surface area contributed by atoms with Crippen LogP contribution in [0.4, 0.5) is 14.5 Å². The number of nitrogens with one attached hydrogen (secondary N) is 1. The van der Waals surface area contributed by atoms with Crippen molar-refractivity contribution in [2.24, 2.45) is 5.10 Å². The highest BCUT2D eigenvalue weighted by Gasteiger charge is 2.09. The van der Waals surface area contributed by atoms with Gasteiger partial charge in [-0.25, -0.2) is 18.7 Å². The Kier molecular flexibility index (Phi) is 5.35. The number of pyridine rings is 2. The van der Waals surface area contributed by atoms with E-state index < -0.39 is 11.6 Å². The number of thiazole rings is 1. The largest absolute Gasteiger partial charge is 0.278 e. The molecule has 4 aromatic rings. The van der Waals surface area contributed by atoms with Gasteiger partial charge in [-0.3, -0.25) is 10.4 Å². The number of hydrogen-bond acceptors (Lipinski definition) is 6. The molecule has 0 saturated heterocycles. The Morgan fingerprint density at radius 3 is 2.62 bits per heavy atom. The quantitative estimate of drug-likeness (QED) is 0.356. The minimum Gasteiger partial charge on any atom is -0.278 e. The van der Waals surface area contributed by atoms with Crippen LogP contribution >= 0.6 is 11.3 Å². The summed E-state index contributed by atoms with van der Waals surface area (Å²) in [5.74, 6) is -1.34. The molecule has 144 valence electrons. The minimum absolute atomic E-state index is 0.224. The van der Waals surface area contributed by atoms with E-state index in [4.69, 9.17) is 0 Å². The van der Waals surface area contributed by atoms with Crippen LogP contribution in [0.3, 0.4) is 0 Å². The molecule has 8 heteroatoms. The Hall–Kier alpha value is -3.52. The van der Waals surface area contributed by atoms with E-state index in [1.54, 1.807) is 25.5 Å². The summed E-state index contributed by atoms with van der Waals surface area (Å²) in [6.45, 7) is 1.77. The van der Waals surface area contributed by atoms with E-state index >= 15 is 0 Å². The third-order valence-corrected chi connectivity index (χ3v) is 5.07. The van der Waals surface area contributed by atoms with Crippen molar-refractivity contribution in [3.05, 3.63) is 84.4 Å². The third kappa shape index (κ3) is 4.49. The molecule has 0 bridgehead atoms. The maximum Gasteiger partial charge on any atom is 0.128 e. The van der Waals surface area contributed by atoms with Gasteiger partial charge in [-0.1, -0.05) is 6.07 Å². The normalized spacial score (nSPS) is 11.5. The van der Waals surface area contributed by atoms with E-state index in [1.165, 1.54) is 23.5 Å². The van der Waals surface area contributed by atoms with Gasteiger partial charge < -0.3 is 0 Å². The fraction of sp³-hybridized carbons (Fsp3) is 0.0476. The lowest BCUT2D eigenvalue weighted by Gasteiger charge is -2.05. The molecule has 0 aliphatic carbocycles. The molecule has 29 heavy (non-hydrogen) atoms. The molecule has 3 heterocycles. The number of hydrogen-bond donors (Lipinski definition) is 1. The van der Waals surface area contributed by atoms with Gasteiger partial charge in [-0.2, -0.15) is 5.10 Å². The van der Waals surface area contributed by atoms with Crippen LogP contribution in [-0.2, 0) is 0 Å². The van der Waals surface area contributed by atoms with Gasteiger partial charge in [0.25, 0.3) is 0 Å². The van der Waals surface area contributed by atoms with Crippen LogP contribution in [0.5, 0.6) is 0 Å². The molecule has 0 unspecified atom stereocenters. The monoisotopic (exact) mass is 407 g/mol. The smallest absolute Gasteiger partial charge is 0.128 e. The van der Waals surface area contributed by atoms with E-state index in [1.807, 2.05) is 30.3 Å². The topological polar surface area (TPSA) is 63.1 Å². The third-order valence-electron chi connectivity index (χ3n) is 4.00. The van der Waals surface area contributed by atoms with E-state index in [0.29, 0.717) is 11.4 Å². The van der Waals surface area contributed by atoms with Crippen molar-refractivity contribution >= 4 is 22.7 Å². The van der Waals surface area contributed by atoms with Crippen LogP contribution in [0.2, 0.25) is 0 Å². The molecule has 0 spiro atoms. The van der Waals surface area contributed by atoms with Crippen LogP contribution < -0.4 is 5.43 Å². The predicted molar refractivity (Wildman–Crippen MR) is 111 cm³/mol. The summed E-state index contributed by atoms with van der Waals surface area (Å²) < 4.78 is 26.6. The van der Waals surface area contributed by atoms with Crippen molar-refractivity contribution < 1.29 is 8.78 Å². The molecule has 1 N–H and O–H groups in total. The van der Waals surface area contributed by atoms with E-state index in [-0.39, 0.29) is 5.69 Å². The minimum atomic E-state index is -0.671. The zero-order valence-corrected chi connectivity index (χ0v) is 16.1. The molecular formula is C21H15F2N5S. The fourth-order valence-electron chi connectivity index (χ4n) is 2.61. The lowest BCUT2D eigenvalue weighted by Crippen LogP contribution is -2.03. The second-order valence-corrected chi connectivity index (χ2v) is 7.18. The molecule has 1 aromatic carbocycles. The van der Waals surface area contributed by atoms with Gasteiger partial charge in [0.1, 0.15) is 16.6 Å². The second-order valence-electron chi connectivity index (χ2n) is 6.15. The molecule has 0 amide bonds. The van der Waals surface area contributed by atoms with Crippen LogP contribution in [0.1, 0.15) is 12.6 Å². The van der Waals surface area contributed by atoms with Crippen molar-refractivity contribution in [1.82, 2.24) is 15.0 Å². The highest BCUT2D eigenvalue weighted by atomic mass is 32.1. The first-order chi connectivity index (χ1) is 14.1. The average Bonchev–Trinajstić information content (AvgIpc) is 3.22. The maximum absolute atomic E-state index is 13.3. The zero-order valence-electron chi connectivity index (χ0n) is 15.3. The number of aromatic nitrogens is 3. The van der Waals surface area contributed by atoms with Gasteiger partial charge >= 0.3 is 0 Å². The van der Waals surface area contributed by atoms with Crippen LogP contribution in [0.15, 0.2) is 72.2 Å². The Morgan fingerprint density at radius 1 is 1.03 bits per heavy atom. The number of nitrogens with zero attached hydrogens (tertiary/aromatic N) is 4. The number of halogens is 2. The van der Waals surface area contributed by atoms with Gasteiger partial charge in [-0.15, -0.1) is 11.3 Å². The Bertz CT molecular complexity index is 1150. The molecule has 5 nitrogen and oxygen atoms in total. The Morgan fingerprint density at radius 2 is 1.86 bits per heavy atom. The summed E-state index contributed by atoms with van der Waals surface area (Å²) in [5.41, 5.74) is 5.82. The Balaban J connectivity index is 1.56. The van der Waals surface area contributed by atoms with Crippen molar-refractivity contribution in [1.29, 1.82) is 0 Å². The van der Waals surface area contributed by atoms with Gasteiger partial charge in [0.2, 0.25) is 0 Å². The van der Waals surface area contributed by atoms with Crippen LogP contribution in [0.25, 0.3) is 21.1 Å². The summed E-state index contributed by atoms with van der Waals surface area (Å²) in [4.78, 5) is 14.1. The zero-order chi connectivity index (χ0) is 20.2. The molecule has 0 radical (unpaired) electrons. The van der Waals surface area contributed by atoms with Crippen molar-refractivity contribution in [3.63, 3.8) is 0 Å². The molecular weight excluding hydrogens is 392 g/mol. The van der Waals surface area contributed by atoms with Gasteiger partial charge in [0.05, 0.1) is 27.7 Å². The lowest BCUT2D eigenvalue weighted by atomic mass is 10.2. The number of rotatable bonds is 5. The first-order valence-electron chi connectivity index (χ1n) is 8.69. The van der Waals surface area contributed by atoms with Crippen molar-refractivity contribution in [2.45, 2.75) is 6.92 Å². The summed E-state index contributed by atoms with van der Waals surface area (Å²) in [6.07, 6.45) is 5.26. The highest BCUT2D eigenvalue weighted by Crippen LogP contribution is 2.30. The van der Waals surface area contributed by atoms with Gasteiger partial charge in [-0.05, 0) is 43.3 Å². The van der Waals surface area contributed by atoms with Crippen molar-refractivity contribution in [2.75, 3.05) is 5.43 Å². The maximum atomic E-state index is 13.3. The molecule has 0 aliphatic heterocycles. The van der Waals surface area contributed by atoms with Crippen molar-refractivity contribution in [3.8, 4) is 21.1 Å². The number of hydrazone groups is 1. The SMILES string of the molecule is C/C(=N\Nc1cc(F)cc(F)c1)c1cccc(-c2cnc(-c3cccnc3)s2)n1. The molecule has 0 saturated carbocycles. The summed E-state index contributed by atoms with van der Waals surface area (Å²) in [7, 11) is 0. The first kappa shape index (κ1) is 18.8. The molecule has 0 aliphatic rings. The Labute approximate surface area is 169 Å². The summed E-state index contributed by atoms with van der Waals surface area (Å²) >= 11 is 1.52. The summed E-state index contributed by atoms with van der Waals surface area (Å²) in [6, 6.07) is 12.6. The lowest BCUT2D eigenvalue weighted by molar-refractivity contribution is 0.584. The fourth-order valence-corrected chi connectivity index (χ4v) is 3.49. The predicted octanol–water partition coefficient (Wildman–Crippen LogP) is 5.38. The average molecular weight is 407 g/mol. The van der Waals surface area contributed by atoms with Crippen LogP contribution in [-0.4, -0.2) is 20.7 Å². The molecule has 0 fully saturated rings. The number of benzene rings is 1. The highest BCUT2D eigenvalue weighted by molar-refractivity contribution is 7.18. The van der Waals surface area contributed by atoms with Gasteiger partial charge in [0, 0.05) is 30.2 Å². The van der Waals surface area contributed by atoms with E-state index in [9.17, 15) is 8.78 Å². The molecule has 3 aromatic heterocycles. The van der Waals surface area contributed by atoms with Crippen LogP contribution in [0, 0.1) is 11.6 Å². The second kappa shape index (κ2) is 8.24. The van der Waals surface area contributed by atoms with Gasteiger partial charge in [0.15, 0.2) is 0 Å². The molecule has 0 atom stereocenters. The standard InChI is InChI=1S/C21H15F2N5S/c1-13(27-28-17-9-15(22)8-16(23)10-17)18-5-2-6-19(26-18)20-12-25-21(29-20)14-4-3-7-24-11-14/h2-12,28H,1H3/b27-13+. The molecule has 4 rings (SSSR count).